The van der Waals surface area contributed by atoms with Crippen LogP contribution in [0.3, 0.4) is 0 Å². The lowest BCUT2D eigenvalue weighted by Gasteiger charge is -2.19. The van der Waals surface area contributed by atoms with Crippen molar-refractivity contribution in [2.45, 2.75) is 28.2 Å². The highest BCUT2D eigenvalue weighted by atomic mass is 32.2. The van der Waals surface area contributed by atoms with E-state index in [-0.39, 0.29) is 9.10 Å². The summed E-state index contributed by atoms with van der Waals surface area (Å²) in [6, 6.07) is 11.3. The molecule has 3 aromatic rings. The van der Waals surface area contributed by atoms with Crippen molar-refractivity contribution in [1.29, 1.82) is 0 Å². The summed E-state index contributed by atoms with van der Waals surface area (Å²) in [6.45, 7) is 2.88. The van der Waals surface area contributed by atoms with Crippen molar-refractivity contribution in [3.8, 4) is 5.75 Å². The minimum absolute atomic E-state index is 0.0691. The van der Waals surface area contributed by atoms with E-state index in [0.29, 0.717) is 22.4 Å². The van der Waals surface area contributed by atoms with Crippen LogP contribution in [-0.2, 0) is 19.9 Å². The number of halogens is 1. The van der Waals surface area contributed by atoms with Gasteiger partial charge in [-0.3, -0.25) is 0 Å². The van der Waals surface area contributed by atoms with E-state index >= 15 is 0 Å². The molecule has 3 rings (SSSR count). The molecule has 1 heterocycles. The Hall–Kier alpha value is -2.27. The Kier molecular flexibility index (Phi) is 6.85. The Balaban J connectivity index is 1.98. The van der Waals surface area contributed by atoms with Crippen LogP contribution < -0.4 is 9.46 Å². The van der Waals surface area contributed by atoms with Gasteiger partial charge in [0.25, 0.3) is 0 Å². The Morgan fingerprint density at radius 1 is 1.03 bits per heavy atom. The molecule has 1 N–H and O–H groups in total. The van der Waals surface area contributed by atoms with Gasteiger partial charge in [0.05, 0.1) is 12.0 Å². The molecule has 1 unspecified atom stereocenters. The molecule has 6 nitrogen and oxygen atoms in total. The van der Waals surface area contributed by atoms with Crippen LogP contribution in [-0.4, -0.2) is 30.5 Å². The van der Waals surface area contributed by atoms with Gasteiger partial charge in [-0.15, -0.1) is 11.3 Å². The first-order valence-corrected chi connectivity index (χ1v) is 13.1. The third-order valence-electron chi connectivity index (χ3n) is 4.79. The van der Waals surface area contributed by atoms with E-state index in [4.69, 9.17) is 4.74 Å². The third-order valence-corrected chi connectivity index (χ3v) is 10.0. The number of methoxy groups -OCH3 is 1. The molecule has 2 aromatic carbocycles. The topological polar surface area (TPSA) is 89.5 Å². The largest absolute Gasteiger partial charge is 0.497 e. The van der Waals surface area contributed by atoms with Crippen molar-refractivity contribution in [3.63, 3.8) is 0 Å². The van der Waals surface area contributed by atoms with Gasteiger partial charge in [0, 0.05) is 6.54 Å². The molecule has 0 spiro atoms. The summed E-state index contributed by atoms with van der Waals surface area (Å²) in [5.74, 6) is 0.0134. The highest BCUT2D eigenvalue weighted by molar-refractivity contribution is 7.93. The lowest BCUT2D eigenvalue weighted by Crippen LogP contribution is -2.32. The van der Waals surface area contributed by atoms with Crippen LogP contribution in [0.1, 0.15) is 21.9 Å². The Labute approximate surface area is 185 Å². The Morgan fingerprint density at radius 2 is 1.65 bits per heavy atom. The second-order valence-electron chi connectivity index (χ2n) is 6.96. The molecule has 0 aliphatic heterocycles. The van der Waals surface area contributed by atoms with Gasteiger partial charge in [0.1, 0.15) is 21.0 Å². The lowest BCUT2D eigenvalue weighted by atomic mass is 10.1. The number of rotatable bonds is 8. The predicted octanol–water partition coefficient (Wildman–Crippen LogP) is 4.01. The van der Waals surface area contributed by atoms with Crippen molar-refractivity contribution in [2.24, 2.45) is 0 Å². The van der Waals surface area contributed by atoms with Gasteiger partial charge in [-0.1, -0.05) is 18.2 Å². The smallest absolute Gasteiger partial charge is 0.241 e. The first-order chi connectivity index (χ1) is 14.6. The summed E-state index contributed by atoms with van der Waals surface area (Å²) < 4.78 is 73.7. The van der Waals surface area contributed by atoms with E-state index in [9.17, 15) is 21.2 Å². The molecular formula is C21H22FNO5S3. The van der Waals surface area contributed by atoms with Crippen LogP contribution in [0, 0.1) is 19.7 Å². The molecule has 1 aromatic heterocycles. The fourth-order valence-corrected chi connectivity index (χ4v) is 7.83. The second-order valence-corrected chi connectivity index (χ2v) is 12.0. The zero-order valence-electron chi connectivity index (χ0n) is 17.1. The zero-order chi connectivity index (χ0) is 22.8. The molecule has 0 saturated carbocycles. The van der Waals surface area contributed by atoms with E-state index in [1.54, 1.807) is 37.4 Å². The van der Waals surface area contributed by atoms with Gasteiger partial charge in [0.15, 0.2) is 9.84 Å². The Morgan fingerprint density at radius 3 is 2.16 bits per heavy atom. The van der Waals surface area contributed by atoms with E-state index in [1.165, 1.54) is 25.3 Å². The molecule has 0 aliphatic carbocycles. The lowest BCUT2D eigenvalue weighted by molar-refractivity contribution is 0.413. The van der Waals surface area contributed by atoms with Crippen molar-refractivity contribution >= 4 is 31.2 Å². The van der Waals surface area contributed by atoms with E-state index in [0.717, 1.165) is 23.5 Å². The summed E-state index contributed by atoms with van der Waals surface area (Å²) in [6.07, 6.45) is 0. The molecule has 1 atom stereocenters. The quantitative estimate of drug-likeness (QED) is 0.523. The fraction of sp³-hybridized carbons (Fsp3) is 0.238. The molecule has 166 valence electrons. The first-order valence-electron chi connectivity index (χ1n) is 9.24. The highest BCUT2D eigenvalue weighted by Gasteiger charge is 2.32. The van der Waals surface area contributed by atoms with Crippen molar-refractivity contribution in [1.82, 2.24) is 4.72 Å². The predicted molar refractivity (Wildman–Crippen MR) is 118 cm³/mol. The third kappa shape index (κ3) is 4.98. The van der Waals surface area contributed by atoms with Crippen LogP contribution in [0.15, 0.2) is 63.0 Å². The van der Waals surface area contributed by atoms with Gasteiger partial charge in [-0.05, 0) is 66.2 Å². The number of hydrogen-bond donors (Lipinski definition) is 1. The van der Waals surface area contributed by atoms with Gasteiger partial charge < -0.3 is 4.74 Å². The highest BCUT2D eigenvalue weighted by Crippen LogP contribution is 2.32. The molecule has 0 fully saturated rings. The number of ether oxygens (including phenoxy) is 1. The molecule has 10 heteroatoms. The summed E-state index contributed by atoms with van der Waals surface area (Å²) >= 11 is 1.04. The van der Waals surface area contributed by atoms with Crippen LogP contribution in [0.2, 0.25) is 0 Å². The maximum absolute atomic E-state index is 13.4. The van der Waals surface area contributed by atoms with Crippen LogP contribution in [0.4, 0.5) is 4.39 Å². The molecular weight excluding hydrogens is 461 g/mol. The van der Waals surface area contributed by atoms with Gasteiger partial charge in [0.2, 0.25) is 10.0 Å². The second kappa shape index (κ2) is 9.07. The number of sulfone groups is 1. The Bertz CT molecular complexity index is 1250. The minimum Gasteiger partial charge on any atom is -0.497 e. The molecule has 31 heavy (non-hydrogen) atoms. The van der Waals surface area contributed by atoms with E-state index in [1.807, 2.05) is 0 Å². The maximum Gasteiger partial charge on any atom is 0.241 e. The molecule has 0 radical (unpaired) electrons. The monoisotopic (exact) mass is 483 g/mol. The summed E-state index contributed by atoms with van der Waals surface area (Å²) in [5.41, 5.74) is 1.24. The van der Waals surface area contributed by atoms with Gasteiger partial charge in [-0.25, -0.2) is 25.9 Å². The van der Waals surface area contributed by atoms with Crippen LogP contribution in [0.5, 0.6) is 5.75 Å². The zero-order valence-corrected chi connectivity index (χ0v) is 19.6. The van der Waals surface area contributed by atoms with Crippen molar-refractivity contribution in [2.75, 3.05) is 13.7 Å². The average molecular weight is 484 g/mol. The number of nitrogens with one attached hydrogen (secondary N) is 1. The summed E-state index contributed by atoms with van der Waals surface area (Å²) in [5, 5.41) is 0.406. The van der Waals surface area contributed by atoms with Crippen molar-refractivity contribution < 1.29 is 26.0 Å². The first kappa shape index (κ1) is 23.4. The summed E-state index contributed by atoms with van der Waals surface area (Å²) in [4.78, 5) is 0.0691. The number of thiophene rings is 1. The number of aryl methyl sites for hydroxylation is 2. The van der Waals surface area contributed by atoms with E-state index in [2.05, 4.69) is 4.72 Å². The van der Waals surface area contributed by atoms with E-state index < -0.39 is 37.5 Å². The SMILES string of the molecule is COc1cc(C)c(S(=O)(=O)NCC(c2ccc(F)cc2)S(=O)(=O)c2cccs2)c(C)c1. The number of benzene rings is 2. The standard InChI is InChI=1S/C21H22FNO5S3/c1-14-11-18(28-3)12-15(2)21(14)31(26,27)23-13-19(16-6-8-17(22)9-7-16)30(24,25)20-5-4-10-29-20/h4-12,19,23H,13H2,1-3H3. The summed E-state index contributed by atoms with van der Waals surface area (Å²) in [7, 11) is -6.45. The average Bonchev–Trinajstić information content (AvgIpc) is 3.24. The number of sulfonamides is 1. The maximum atomic E-state index is 13.4. The van der Waals surface area contributed by atoms with Crippen molar-refractivity contribution in [3.05, 3.63) is 76.4 Å². The minimum atomic E-state index is -4.03. The fourth-order valence-electron chi connectivity index (χ4n) is 3.36. The number of hydrogen-bond acceptors (Lipinski definition) is 6. The normalized spacial score (nSPS) is 13.2. The molecule has 0 saturated heterocycles. The van der Waals surface area contributed by atoms with Crippen LogP contribution >= 0.6 is 11.3 Å². The molecule has 0 bridgehead atoms. The van der Waals surface area contributed by atoms with Gasteiger partial charge >= 0.3 is 0 Å². The molecule has 0 amide bonds. The van der Waals surface area contributed by atoms with Crippen LogP contribution in [0.25, 0.3) is 0 Å². The van der Waals surface area contributed by atoms with Gasteiger partial charge in [-0.2, -0.15) is 0 Å². The molecule has 0 aliphatic rings.